The molecule has 2 aromatic rings. The lowest BCUT2D eigenvalue weighted by Gasteiger charge is -2.15. The van der Waals surface area contributed by atoms with Crippen LogP contribution in [0.5, 0.6) is 11.5 Å². The molecule has 3 rings (SSSR count). The lowest BCUT2D eigenvalue weighted by molar-refractivity contribution is -0.118. The molecule has 1 aliphatic rings. The molecule has 26 heavy (non-hydrogen) atoms. The summed E-state index contributed by atoms with van der Waals surface area (Å²) in [6, 6.07) is 11.8. The number of benzene rings is 2. The van der Waals surface area contributed by atoms with E-state index in [-0.39, 0.29) is 12.5 Å². The minimum Gasteiger partial charge on any atom is -0.493 e. The van der Waals surface area contributed by atoms with Gasteiger partial charge in [0.25, 0.3) is 5.91 Å². The second-order valence-electron chi connectivity index (χ2n) is 6.07. The smallest absolute Gasteiger partial charge is 0.262 e. The van der Waals surface area contributed by atoms with Gasteiger partial charge >= 0.3 is 0 Å². The second kappa shape index (κ2) is 8.73. The fourth-order valence-electron chi connectivity index (χ4n) is 2.72. The Morgan fingerprint density at radius 3 is 2.65 bits per heavy atom. The Balaban J connectivity index is 1.63. The summed E-state index contributed by atoms with van der Waals surface area (Å²) >= 11 is 3.89. The molecule has 0 unspecified atom stereocenters. The van der Waals surface area contributed by atoms with Gasteiger partial charge in [-0.1, -0.05) is 18.2 Å². The van der Waals surface area contributed by atoms with E-state index >= 15 is 0 Å². The van der Waals surface area contributed by atoms with E-state index in [4.69, 9.17) is 9.47 Å². The molecule has 6 heteroatoms. The average Bonchev–Trinajstić information content (AvgIpc) is 3.18. The average molecular weight is 390 g/mol. The molecular formula is C20H23NO3S2. The molecule has 0 radical (unpaired) electrons. The van der Waals surface area contributed by atoms with E-state index in [9.17, 15) is 4.79 Å². The predicted molar refractivity (Wildman–Crippen MR) is 111 cm³/mol. The molecule has 1 amide bonds. The van der Waals surface area contributed by atoms with Crippen LogP contribution in [0.1, 0.15) is 21.3 Å². The first-order valence-electron chi connectivity index (χ1n) is 8.48. The number of rotatable bonds is 6. The minimum absolute atomic E-state index is 0.0595. The Bertz CT molecular complexity index is 789. The number of carbonyl (C=O) groups excluding carboxylic acids is 1. The lowest BCUT2D eigenvalue weighted by Crippen LogP contribution is -2.21. The topological polar surface area (TPSA) is 47.6 Å². The Morgan fingerprint density at radius 2 is 1.92 bits per heavy atom. The highest BCUT2D eigenvalue weighted by Crippen LogP contribution is 2.46. The van der Waals surface area contributed by atoms with Crippen LogP contribution in [0.3, 0.4) is 0 Å². The highest BCUT2D eigenvalue weighted by Gasteiger charge is 2.20. The summed E-state index contributed by atoms with van der Waals surface area (Å²) in [5.74, 6) is 3.41. The molecule has 1 aliphatic heterocycles. The molecule has 0 aromatic heterocycles. The zero-order valence-electron chi connectivity index (χ0n) is 15.2. The molecule has 1 saturated heterocycles. The second-order valence-corrected chi connectivity index (χ2v) is 8.79. The summed E-state index contributed by atoms with van der Waals surface area (Å²) in [5, 5.41) is 2.90. The van der Waals surface area contributed by atoms with Crippen molar-refractivity contribution in [2.45, 2.75) is 18.4 Å². The van der Waals surface area contributed by atoms with Crippen molar-refractivity contribution in [1.29, 1.82) is 0 Å². The number of anilines is 1. The summed E-state index contributed by atoms with van der Waals surface area (Å²) in [4.78, 5) is 12.2. The molecule has 1 fully saturated rings. The van der Waals surface area contributed by atoms with E-state index < -0.39 is 0 Å². The van der Waals surface area contributed by atoms with Crippen LogP contribution < -0.4 is 14.8 Å². The highest BCUT2D eigenvalue weighted by atomic mass is 32.2. The van der Waals surface area contributed by atoms with Crippen molar-refractivity contribution in [1.82, 2.24) is 0 Å². The Kier molecular flexibility index (Phi) is 6.38. The van der Waals surface area contributed by atoms with Gasteiger partial charge in [-0.2, -0.15) is 0 Å². The van der Waals surface area contributed by atoms with Gasteiger partial charge in [-0.3, -0.25) is 4.79 Å². The van der Waals surface area contributed by atoms with E-state index in [1.165, 1.54) is 17.1 Å². The van der Waals surface area contributed by atoms with Gasteiger partial charge in [0.15, 0.2) is 18.1 Å². The molecule has 0 bridgehead atoms. The van der Waals surface area contributed by atoms with E-state index in [0.717, 1.165) is 16.8 Å². The number of methoxy groups -OCH3 is 1. The molecule has 0 spiro atoms. The van der Waals surface area contributed by atoms with Crippen molar-refractivity contribution in [3.8, 4) is 11.5 Å². The number of nitrogens with one attached hydrogen (secondary N) is 1. The van der Waals surface area contributed by atoms with E-state index in [2.05, 4.69) is 11.4 Å². The third-order valence-electron chi connectivity index (χ3n) is 4.32. The van der Waals surface area contributed by atoms with Crippen molar-refractivity contribution in [2.75, 3.05) is 30.5 Å². The molecule has 0 atom stereocenters. The number of thioether (sulfide) groups is 2. The van der Waals surface area contributed by atoms with Crippen LogP contribution in [0.15, 0.2) is 36.4 Å². The molecule has 138 valence electrons. The molecule has 2 aromatic carbocycles. The van der Waals surface area contributed by atoms with Crippen LogP contribution in [-0.2, 0) is 4.79 Å². The molecular weight excluding hydrogens is 366 g/mol. The zero-order chi connectivity index (χ0) is 18.5. The monoisotopic (exact) mass is 389 g/mol. The number of hydrogen-bond acceptors (Lipinski definition) is 5. The maximum Gasteiger partial charge on any atom is 0.262 e. The van der Waals surface area contributed by atoms with E-state index in [1.807, 2.05) is 67.7 Å². The van der Waals surface area contributed by atoms with Gasteiger partial charge in [0.1, 0.15) is 0 Å². The Labute approximate surface area is 163 Å². The quantitative estimate of drug-likeness (QED) is 0.768. The van der Waals surface area contributed by atoms with Gasteiger partial charge in [0.05, 0.1) is 11.7 Å². The Hall–Kier alpha value is -1.79. The van der Waals surface area contributed by atoms with Crippen molar-refractivity contribution in [3.63, 3.8) is 0 Å². The highest BCUT2D eigenvalue weighted by molar-refractivity contribution is 8.19. The first-order valence-corrected chi connectivity index (χ1v) is 10.6. The summed E-state index contributed by atoms with van der Waals surface area (Å²) in [6.07, 6.45) is 0. The fraction of sp³-hybridized carbons (Fsp3) is 0.350. The fourth-order valence-corrected chi connectivity index (χ4v) is 5.56. The third-order valence-corrected chi connectivity index (χ3v) is 7.42. The molecule has 1 heterocycles. The van der Waals surface area contributed by atoms with Gasteiger partial charge in [0.2, 0.25) is 0 Å². The maximum atomic E-state index is 12.2. The molecule has 0 saturated carbocycles. The minimum atomic E-state index is -0.188. The third kappa shape index (κ3) is 4.48. The van der Waals surface area contributed by atoms with Crippen molar-refractivity contribution >= 4 is 35.1 Å². The van der Waals surface area contributed by atoms with Gasteiger partial charge in [-0.15, -0.1) is 23.5 Å². The maximum absolute atomic E-state index is 12.2. The normalized spacial score (nSPS) is 14.3. The molecule has 1 N–H and O–H groups in total. The van der Waals surface area contributed by atoms with E-state index in [1.54, 1.807) is 7.11 Å². The van der Waals surface area contributed by atoms with E-state index in [0.29, 0.717) is 16.1 Å². The van der Waals surface area contributed by atoms with Crippen LogP contribution in [0, 0.1) is 13.8 Å². The van der Waals surface area contributed by atoms with Gasteiger partial charge < -0.3 is 14.8 Å². The number of hydrogen-bond donors (Lipinski definition) is 1. The summed E-state index contributed by atoms with van der Waals surface area (Å²) in [7, 11) is 1.62. The summed E-state index contributed by atoms with van der Waals surface area (Å²) in [6.45, 7) is 3.96. The molecule has 0 aliphatic carbocycles. The van der Waals surface area contributed by atoms with Crippen LogP contribution in [-0.4, -0.2) is 31.1 Å². The number of carbonyl (C=O) groups is 1. The summed E-state index contributed by atoms with van der Waals surface area (Å²) in [5.41, 5.74) is 4.25. The van der Waals surface area contributed by atoms with Gasteiger partial charge in [0, 0.05) is 17.2 Å². The first kappa shape index (κ1) is 19.0. The van der Waals surface area contributed by atoms with Crippen molar-refractivity contribution in [3.05, 3.63) is 53.1 Å². The SMILES string of the molecule is COc1cc(C2SCCS2)ccc1OCC(=O)Nc1cccc(C)c1C. The molecule has 4 nitrogen and oxygen atoms in total. The van der Waals surface area contributed by atoms with Crippen LogP contribution >= 0.6 is 23.5 Å². The first-order chi connectivity index (χ1) is 12.6. The van der Waals surface area contributed by atoms with Crippen molar-refractivity contribution in [2.24, 2.45) is 0 Å². The largest absolute Gasteiger partial charge is 0.493 e. The Morgan fingerprint density at radius 1 is 1.15 bits per heavy atom. The van der Waals surface area contributed by atoms with Crippen molar-refractivity contribution < 1.29 is 14.3 Å². The number of ether oxygens (including phenoxy) is 2. The van der Waals surface area contributed by atoms with Gasteiger partial charge in [-0.05, 0) is 48.7 Å². The lowest BCUT2D eigenvalue weighted by atomic mass is 10.1. The summed E-state index contributed by atoms with van der Waals surface area (Å²) < 4.78 is 11.6. The van der Waals surface area contributed by atoms with Crippen LogP contribution in [0.4, 0.5) is 5.69 Å². The predicted octanol–water partition coefficient (Wildman–Crippen LogP) is 4.81. The van der Waals surface area contributed by atoms with Gasteiger partial charge in [-0.25, -0.2) is 0 Å². The number of amides is 1. The number of aryl methyl sites for hydroxylation is 1. The van der Waals surface area contributed by atoms with Crippen LogP contribution in [0.25, 0.3) is 0 Å². The zero-order valence-corrected chi connectivity index (χ0v) is 16.8. The standard InChI is InChI=1S/C20H23NO3S2/c1-13-5-4-6-16(14(13)2)21-19(22)12-24-17-8-7-15(11-18(17)23-3)20-25-9-10-26-20/h4-8,11,20H,9-10,12H2,1-3H3,(H,21,22). The van der Waals surface area contributed by atoms with Crippen LogP contribution in [0.2, 0.25) is 0 Å².